The van der Waals surface area contributed by atoms with Crippen molar-refractivity contribution in [3.8, 4) is 0 Å². The van der Waals surface area contributed by atoms with Gasteiger partial charge in [-0.15, -0.1) is 0 Å². The van der Waals surface area contributed by atoms with Crippen molar-refractivity contribution < 1.29 is 4.79 Å². The molecule has 0 spiro atoms. The summed E-state index contributed by atoms with van der Waals surface area (Å²) in [5.41, 5.74) is 4.36. The molecule has 5 aromatic rings. The molecule has 1 aliphatic rings. The quantitative estimate of drug-likeness (QED) is 0.203. The molecule has 1 N–H and O–H groups in total. The number of fused-ring (bicyclic) bond motifs is 6. The molecule has 0 aliphatic carbocycles. The number of H-pyrrole nitrogens is 1. The number of hydrogen-bond acceptors (Lipinski definition) is 4. The van der Waals surface area contributed by atoms with Gasteiger partial charge in [0.1, 0.15) is 11.0 Å². The van der Waals surface area contributed by atoms with Crippen LogP contribution in [0.5, 0.6) is 0 Å². The molecule has 0 unspecified atom stereocenters. The molecule has 0 atom stereocenters. The molecule has 2 aromatic carbocycles. The van der Waals surface area contributed by atoms with E-state index in [9.17, 15) is 9.59 Å². The predicted octanol–water partition coefficient (Wildman–Crippen LogP) is 6.30. The average molecular weight is 569 g/mol. The Bertz CT molecular complexity index is 1770. The average Bonchev–Trinajstić information content (AvgIpc) is 3.70. The summed E-state index contributed by atoms with van der Waals surface area (Å²) < 4.78 is 3.89. The highest BCUT2D eigenvalue weighted by atomic mass is 16.2. The Kier molecular flexibility index (Phi) is 8.08. The molecule has 0 radical (unpaired) electrons. The lowest BCUT2D eigenvalue weighted by Crippen LogP contribution is -2.34. The largest absolute Gasteiger partial charge is 0.349 e. The van der Waals surface area contributed by atoms with Gasteiger partial charge in [0, 0.05) is 36.1 Å². The van der Waals surface area contributed by atoms with Crippen LogP contribution in [0, 0.1) is 11.8 Å². The second-order valence-corrected chi connectivity index (χ2v) is 12.9. The number of hydrogen-bond donors (Lipinski definition) is 1. The van der Waals surface area contributed by atoms with E-state index in [1.807, 2.05) is 47.4 Å². The minimum atomic E-state index is -0.107. The van der Waals surface area contributed by atoms with Gasteiger partial charge in [0.25, 0.3) is 11.5 Å². The maximum absolute atomic E-state index is 14.0. The summed E-state index contributed by atoms with van der Waals surface area (Å²) >= 11 is 0. The maximum Gasteiger partial charge on any atom is 0.283 e. The number of nitrogens with zero attached hydrogens (tertiary/aromatic N) is 5. The summed E-state index contributed by atoms with van der Waals surface area (Å²) in [7, 11) is 0. The van der Waals surface area contributed by atoms with Crippen LogP contribution in [0.25, 0.3) is 38.7 Å². The molecular weight excluding hydrogens is 524 g/mol. The zero-order valence-electron chi connectivity index (χ0n) is 25.5. The predicted molar refractivity (Wildman–Crippen MR) is 171 cm³/mol. The Morgan fingerprint density at radius 1 is 0.952 bits per heavy atom. The number of benzene rings is 2. The van der Waals surface area contributed by atoms with Crippen molar-refractivity contribution in [2.75, 3.05) is 32.7 Å². The van der Waals surface area contributed by atoms with E-state index in [0.29, 0.717) is 34.2 Å². The fourth-order valence-electron chi connectivity index (χ4n) is 6.32. The zero-order valence-corrected chi connectivity index (χ0v) is 25.5. The first-order chi connectivity index (χ1) is 20.3. The molecule has 8 heteroatoms. The van der Waals surface area contributed by atoms with Gasteiger partial charge in [0.15, 0.2) is 0 Å². The van der Waals surface area contributed by atoms with Crippen molar-refractivity contribution >= 4 is 44.7 Å². The van der Waals surface area contributed by atoms with E-state index in [1.54, 1.807) is 4.40 Å². The van der Waals surface area contributed by atoms with Gasteiger partial charge in [-0.3, -0.25) is 9.59 Å². The van der Waals surface area contributed by atoms with Crippen LogP contribution in [0.1, 0.15) is 70.2 Å². The summed E-state index contributed by atoms with van der Waals surface area (Å²) in [5, 5.41) is 0.947. The minimum Gasteiger partial charge on any atom is -0.349 e. The van der Waals surface area contributed by atoms with Crippen molar-refractivity contribution in [3.63, 3.8) is 0 Å². The lowest BCUT2D eigenvalue weighted by Gasteiger charge is -2.24. The molecule has 1 aliphatic heterocycles. The number of likely N-dealkylation sites (tertiary alicyclic amines) is 1. The molecule has 8 nitrogen and oxygen atoms in total. The summed E-state index contributed by atoms with van der Waals surface area (Å²) in [6.45, 7) is 14.4. The summed E-state index contributed by atoms with van der Waals surface area (Å²) in [5.74, 6) is 1.75. The Morgan fingerprint density at radius 3 is 2.38 bits per heavy atom. The number of carbonyl (C=O) groups excluding carboxylic acids is 1. The fraction of sp³-hybridized carbons (Fsp3) is 0.500. The van der Waals surface area contributed by atoms with Crippen LogP contribution in [-0.2, 0) is 6.54 Å². The molecular formula is C34H44N6O2. The minimum absolute atomic E-state index is 0.0606. The number of para-hydroxylation sites is 1. The standard InChI is InChI=1S/C34H44N6O2/c1-23(2)14-20-38(21-15-24(3)4)32(41)25-12-13-28-29(22-25)39(19-9-18-37-16-7-8-17-37)34-36-30-26-10-5-6-11-27(26)35-31(30)33(42)40(28)34/h5-6,10-13,22-24,35H,7-9,14-21H2,1-4H3. The van der Waals surface area contributed by atoms with E-state index in [2.05, 4.69) is 42.1 Å². The number of carbonyl (C=O) groups is 1. The zero-order chi connectivity index (χ0) is 29.4. The molecule has 42 heavy (non-hydrogen) atoms. The van der Waals surface area contributed by atoms with Gasteiger partial charge in [0.05, 0.1) is 11.0 Å². The highest BCUT2D eigenvalue weighted by Gasteiger charge is 2.22. The van der Waals surface area contributed by atoms with E-state index in [-0.39, 0.29) is 11.5 Å². The second-order valence-electron chi connectivity index (χ2n) is 12.9. The molecule has 0 saturated carbocycles. The summed E-state index contributed by atoms with van der Waals surface area (Å²) in [6, 6.07) is 13.8. The second kappa shape index (κ2) is 11.9. The molecule has 0 bridgehead atoms. The number of imidazole rings is 1. The number of aromatic amines is 1. The monoisotopic (exact) mass is 568 g/mol. The van der Waals surface area contributed by atoms with Gasteiger partial charge in [-0.05, 0) is 87.8 Å². The third kappa shape index (κ3) is 5.44. The van der Waals surface area contributed by atoms with E-state index in [4.69, 9.17) is 4.98 Å². The van der Waals surface area contributed by atoms with Crippen LogP contribution in [0.4, 0.5) is 0 Å². The lowest BCUT2D eigenvalue weighted by atomic mass is 10.1. The van der Waals surface area contributed by atoms with E-state index in [1.165, 1.54) is 12.8 Å². The van der Waals surface area contributed by atoms with Gasteiger partial charge in [-0.1, -0.05) is 45.9 Å². The van der Waals surface area contributed by atoms with Crippen molar-refractivity contribution in [2.45, 2.75) is 66.3 Å². The Balaban J connectivity index is 1.46. The van der Waals surface area contributed by atoms with Crippen LogP contribution in [-0.4, -0.2) is 67.4 Å². The number of amides is 1. The summed E-state index contributed by atoms with van der Waals surface area (Å²) in [6.07, 6.45) is 5.43. The smallest absolute Gasteiger partial charge is 0.283 e. The number of nitrogens with one attached hydrogen (secondary N) is 1. The fourth-order valence-corrected chi connectivity index (χ4v) is 6.32. The van der Waals surface area contributed by atoms with Crippen molar-refractivity contribution in [1.82, 2.24) is 28.7 Å². The number of rotatable bonds is 11. The van der Waals surface area contributed by atoms with Gasteiger partial charge in [-0.2, -0.15) is 0 Å². The van der Waals surface area contributed by atoms with Crippen molar-refractivity contribution in [3.05, 3.63) is 58.4 Å². The van der Waals surface area contributed by atoms with Crippen LogP contribution in [0.3, 0.4) is 0 Å². The molecule has 3 aromatic heterocycles. The van der Waals surface area contributed by atoms with Crippen molar-refractivity contribution in [2.24, 2.45) is 11.8 Å². The maximum atomic E-state index is 14.0. The number of aryl methyl sites for hydroxylation is 1. The van der Waals surface area contributed by atoms with E-state index in [0.717, 1.165) is 80.5 Å². The Labute approximate surface area is 247 Å². The van der Waals surface area contributed by atoms with Crippen LogP contribution >= 0.6 is 0 Å². The first kappa shape index (κ1) is 28.5. The van der Waals surface area contributed by atoms with Crippen LogP contribution in [0.15, 0.2) is 47.3 Å². The Morgan fingerprint density at radius 2 is 1.67 bits per heavy atom. The topological polar surface area (TPSA) is 78.6 Å². The molecule has 1 saturated heterocycles. The van der Waals surface area contributed by atoms with E-state index >= 15 is 0 Å². The van der Waals surface area contributed by atoms with Gasteiger partial charge in [-0.25, -0.2) is 9.38 Å². The summed E-state index contributed by atoms with van der Waals surface area (Å²) in [4.78, 5) is 40.8. The third-order valence-corrected chi connectivity index (χ3v) is 8.80. The van der Waals surface area contributed by atoms with Gasteiger partial charge in [0.2, 0.25) is 5.78 Å². The molecule has 1 fully saturated rings. The van der Waals surface area contributed by atoms with E-state index < -0.39 is 0 Å². The van der Waals surface area contributed by atoms with Gasteiger partial charge < -0.3 is 19.4 Å². The SMILES string of the molecule is CC(C)CCN(CCC(C)C)C(=O)c1ccc2c(c1)n(CCCN1CCCC1)c1nc3c([nH]c4ccccc43)c(=O)n21. The molecule has 222 valence electrons. The van der Waals surface area contributed by atoms with Gasteiger partial charge >= 0.3 is 0 Å². The Hall–Kier alpha value is -3.65. The third-order valence-electron chi connectivity index (χ3n) is 8.80. The van der Waals surface area contributed by atoms with Crippen LogP contribution < -0.4 is 5.56 Å². The molecule has 1 amide bonds. The molecule has 6 rings (SSSR count). The lowest BCUT2D eigenvalue weighted by molar-refractivity contribution is 0.0741. The highest BCUT2D eigenvalue weighted by molar-refractivity contribution is 6.05. The highest BCUT2D eigenvalue weighted by Crippen LogP contribution is 2.27. The van der Waals surface area contributed by atoms with Crippen molar-refractivity contribution in [1.29, 1.82) is 0 Å². The molecule has 4 heterocycles. The normalized spacial score (nSPS) is 14.5. The first-order valence-electron chi connectivity index (χ1n) is 15.8. The number of aromatic nitrogens is 4. The first-order valence-corrected chi connectivity index (χ1v) is 15.8. The van der Waals surface area contributed by atoms with Crippen LogP contribution in [0.2, 0.25) is 0 Å².